The molecule has 0 aliphatic heterocycles. The van der Waals surface area contributed by atoms with Crippen molar-refractivity contribution in [2.24, 2.45) is 0 Å². The molecule has 1 rings (SSSR count). The molecule has 0 fully saturated rings. The van der Waals surface area contributed by atoms with E-state index < -0.39 is 5.91 Å². The molecular formula is C8H8BrN3O2. The number of amides is 2. The smallest absolute Gasteiger partial charge is 0.274 e. The molecule has 0 spiro atoms. The van der Waals surface area contributed by atoms with E-state index in [1.165, 1.54) is 13.1 Å². The minimum atomic E-state index is -0.451. The topological polar surface area (TPSA) is 71.1 Å². The van der Waals surface area contributed by atoms with Gasteiger partial charge in [-0.15, -0.1) is 0 Å². The molecule has 1 aromatic heterocycles. The van der Waals surface area contributed by atoms with Crippen molar-refractivity contribution < 1.29 is 9.59 Å². The highest BCUT2D eigenvalue weighted by molar-refractivity contribution is 9.10. The van der Waals surface area contributed by atoms with Gasteiger partial charge < -0.3 is 0 Å². The van der Waals surface area contributed by atoms with Crippen molar-refractivity contribution in [3.63, 3.8) is 0 Å². The van der Waals surface area contributed by atoms with Crippen LogP contribution in [0.25, 0.3) is 0 Å². The number of hydrazine groups is 1. The van der Waals surface area contributed by atoms with Crippen molar-refractivity contribution in [2.45, 2.75) is 6.92 Å². The number of hydrogen-bond acceptors (Lipinski definition) is 3. The van der Waals surface area contributed by atoms with E-state index in [1.54, 1.807) is 12.1 Å². The average Bonchev–Trinajstić information content (AvgIpc) is 2.15. The molecule has 1 aromatic rings. The van der Waals surface area contributed by atoms with Gasteiger partial charge in [0.25, 0.3) is 5.91 Å². The van der Waals surface area contributed by atoms with E-state index in [-0.39, 0.29) is 11.6 Å². The van der Waals surface area contributed by atoms with Crippen molar-refractivity contribution in [1.29, 1.82) is 0 Å². The summed E-state index contributed by atoms with van der Waals surface area (Å²) in [7, 11) is 0. The lowest BCUT2D eigenvalue weighted by atomic mass is 10.3. The highest BCUT2D eigenvalue weighted by atomic mass is 79.9. The summed E-state index contributed by atoms with van der Waals surface area (Å²) in [6.07, 6.45) is 1.50. The van der Waals surface area contributed by atoms with Crippen LogP contribution in [-0.4, -0.2) is 16.8 Å². The Labute approximate surface area is 89.0 Å². The summed E-state index contributed by atoms with van der Waals surface area (Å²) in [4.78, 5) is 25.6. The number of carbonyl (C=O) groups is 2. The lowest BCUT2D eigenvalue weighted by Crippen LogP contribution is -2.40. The molecule has 0 aliphatic carbocycles. The zero-order valence-electron chi connectivity index (χ0n) is 7.37. The van der Waals surface area contributed by atoms with Crippen LogP contribution in [-0.2, 0) is 4.79 Å². The SMILES string of the molecule is CC(=O)NNC(=O)c1ccc(Br)cn1. The van der Waals surface area contributed by atoms with Gasteiger partial charge in [-0.05, 0) is 28.1 Å². The Morgan fingerprint density at radius 1 is 1.36 bits per heavy atom. The maximum Gasteiger partial charge on any atom is 0.288 e. The first-order chi connectivity index (χ1) is 6.59. The summed E-state index contributed by atoms with van der Waals surface area (Å²) in [5.74, 6) is -0.789. The van der Waals surface area contributed by atoms with Gasteiger partial charge in [0, 0.05) is 17.6 Å². The highest BCUT2D eigenvalue weighted by Gasteiger charge is 2.05. The van der Waals surface area contributed by atoms with Crippen molar-refractivity contribution in [2.75, 3.05) is 0 Å². The Balaban J connectivity index is 2.61. The largest absolute Gasteiger partial charge is 0.288 e. The van der Waals surface area contributed by atoms with Crippen LogP contribution < -0.4 is 10.9 Å². The Hall–Kier alpha value is -1.43. The number of hydrogen-bond donors (Lipinski definition) is 2. The molecule has 0 saturated carbocycles. The summed E-state index contributed by atoms with van der Waals surface area (Å²) in [5.41, 5.74) is 4.61. The second kappa shape index (κ2) is 4.71. The third kappa shape index (κ3) is 3.14. The van der Waals surface area contributed by atoms with E-state index in [1.807, 2.05) is 0 Å². The molecule has 14 heavy (non-hydrogen) atoms. The first-order valence-electron chi connectivity index (χ1n) is 3.78. The summed E-state index contributed by atoms with van der Waals surface area (Å²) >= 11 is 3.19. The van der Waals surface area contributed by atoms with Crippen LogP contribution in [0.3, 0.4) is 0 Å². The van der Waals surface area contributed by atoms with Gasteiger partial charge in [-0.25, -0.2) is 4.98 Å². The van der Waals surface area contributed by atoms with Gasteiger partial charge in [0.1, 0.15) is 5.69 Å². The lowest BCUT2D eigenvalue weighted by molar-refractivity contribution is -0.119. The van der Waals surface area contributed by atoms with E-state index in [4.69, 9.17) is 0 Å². The average molecular weight is 258 g/mol. The third-order valence-electron chi connectivity index (χ3n) is 1.31. The van der Waals surface area contributed by atoms with Gasteiger partial charge in [0.2, 0.25) is 5.91 Å². The quantitative estimate of drug-likeness (QED) is 0.725. The normalized spacial score (nSPS) is 9.29. The Bertz CT molecular complexity index is 350. The molecule has 2 amide bonds. The third-order valence-corrected chi connectivity index (χ3v) is 1.78. The Morgan fingerprint density at radius 2 is 2.07 bits per heavy atom. The summed E-state index contributed by atoms with van der Waals surface area (Å²) in [6, 6.07) is 3.23. The summed E-state index contributed by atoms with van der Waals surface area (Å²) < 4.78 is 0.786. The van der Waals surface area contributed by atoms with Crippen molar-refractivity contribution in [3.8, 4) is 0 Å². The molecule has 0 unspecified atom stereocenters. The van der Waals surface area contributed by atoms with Crippen molar-refractivity contribution >= 4 is 27.7 Å². The van der Waals surface area contributed by atoms with Crippen LogP contribution in [0.15, 0.2) is 22.8 Å². The van der Waals surface area contributed by atoms with Gasteiger partial charge in [0.15, 0.2) is 0 Å². The Morgan fingerprint density at radius 3 is 2.57 bits per heavy atom. The number of aromatic nitrogens is 1. The van der Waals surface area contributed by atoms with Gasteiger partial charge >= 0.3 is 0 Å². The molecule has 74 valence electrons. The van der Waals surface area contributed by atoms with Gasteiger partial charge in [-0.2, -0.15) is 0 Å². The minimum Gasteiger partial charge on any atom is -0.274 e. The molecule has 0 atom stereocenters. The number of nitrogens with one attached hydrogen (secondary N) is 2. The number of carbonyl (C=O) groups excluding carboxylic acids is 2. The van der Waals surface area contributed by atoms with Crippen molar-refractivity contribution in [1.82, 2.24) is 15.8 Å². The molecular weight excluding hydrogens is 250 g/mol. The standard InChI is InChI=1S/C8H8BrN3O2/c1-5(13)11-12-8(14)7-3-2-6(9)4-10-7/h2-4H,1H3,(H,11,13)(H,12,14). The Kier molecular flexibility index (Phi) is 3.58. The van der Waals surface area contributed by atoms with Gasteiger partial charge in [-0.3, -0.25) is 20.4 Å². The zero-order chi connectivity index (χ0) is 10.6. The van der Waals surface area contributed by atoms with E-state index in [0.29, 0.717) is 0 Å². The monoisotopic (exact) mass is 257 g/mol. The predicted octanol–water partition coefficient (Wildman–Crippen LogP) is 0.625. The number of pyridine rings is 1. The van der Waals surface area contributed by atoms with E-state index in [0.717, 1.165) is 4.47 Å². The molecule has 2 N–H and O–H groups in total. The fourth-order valence-electron chi connectivity index (χ4n) is 0.719. The molecule has 1 heterocycles. The number of rotatable bonds is 1. The summed E-state index contributed by atoms with van der Waals surface area (Å²) in [5, 5.41) is 0. The zero-order valence-corrected chi connectivity index (χ0v) is 8.96. The molecule has 0 radical (unpaired) electrons. The maximum absolute atomic E-state index is 11.3. The van der Waals surface area contributed by atoms with Gasteiger partial charge in [-0.1, -0.05) is 0 Å². The molecule has 0 bridgehead atoms. The van der Waals surface area contributed by atoms with Crippen LogP contribution >= 0.6 is 15.9 Å². The van der Waals surface area contributed by atoms with Crippen LogP contribution in [0, 0.1) is 0 Å². The fraction of sp³-hybridized carbons (Fsp3) is 0.125. The van der Waals surface area contributed by atoms with E-state index in [9.17, 15) is 9.59 Å². The summed E-state index contributed by atoms with van der Waals surface area (Å²) in [6.45, 7) is 1.30. The molecule has 5 nitrogen and oxygen atoms in total. The van der Waals surface area contributed by atoms with E-state index >= 15 is 0 Å². The number of nitrogens with zero attached hydrogens (tertiary/aromatic N) is 1. The van der Waals surface area contributed by atoms with Crippen LogP contribution in [0.2, 0.25) is 0 Å². The second-order valence-corrected chi connectivity index (χ2v) is 3.41. The predicted molar refractivity (Wildman–Crippen MR) is 53.2 cm³/mol. The highest BCUT2D eigenvalue weighted by Crippen LogP contribution is 2.06. The minimum absolute atomic E-state index is 0.238. The molecule has 0 saturated heterocycles. The molecule has 0 aliphatic rings. The van der Waals surface area contributed by atoms with Crippen molar-refractivity contribution in [3.05, 3.63) is 28.5 Å². The van der Waals surface area contributed by atoms with Gasteiger partial charge in [0.05, 0.1) is 0 Å². The van der Waals surface area contributed by atoms with Crippen LogP contribution in [0.1, 0.15) is 17.4 Å². The first-order valence-corrected chi connectivity index (χ1v) is 4.57. The number of halogens is 1. The molecule has 0 aromatic carbocycles. The van der Waals surface area contributed by atoms with Crippen LogP contribution in [0.4, 0.5) is 0 Å². The van der Waals surface area contributed by atoms with Crippen LogP contribution in [0.5, 0.6) is 0 Å². The lowest BCUT2D eigenvalue weighted by Gasteiger charge is -2.03. The fourth-order valence-corrected chi connectivity index (χ4v) is 0.953. The second-order valence-electron chi connectivity index (χ2n) is 2.50. The first kappa shape index (κ1) is 10.6. The molecule has 6 heteroatoms. The maximum atomic E-state index is 11.3. The van der Waals surface area contributed by atoms with E-state index in [2.05, 4.69) is 31.8 Å².